The van der Waals surface area contributed by atoms with E-state index in [4.69, 9.17) is 4.98 Å². The van der Waals surface area contributed by atoms with Crippen molar-refractivity contribution < 1.29 is 9.59 Å². The lowest BCUT2D eigenvalue weighted by Crippen LogP contribution is -2.44. The molecule has 2 aliphatic heterocycles. The molecule has 0 N–H and O–H groups in total. The fourth-order valence-corrected chi connectivity index (χ4v) is 5.38. The summed E-state index contributed by atoms with van der Waals surface area (Å²) in [5.74, 6) is 0.336. The van der Waals surface area contributed by atoms with E-state index in [9.17, 15) is 9.59 Å². The minimum atomic E-state index is 0.0102. The number of fused-ring (bicyclic) bond motifs is 1. The number of hydrogen-bond acceptors (Lipinski definition) is 4. The second-order valence-electron chi connectivity index (χ2n) is 10.1. The van der Waals surface area contributed by atoms with Crippen LogP contribution in [0.3, 0.4) is 0 Å². The predicted molar refractivity (Wildman–Crippen MR) is 136 cm³/mol. The predicted octanol–water partition coefficient (Wildman–Crippen LogP) is 4.35. The fourth-order valence-electron chi connectivity index (χ4n) is 5.38. The zero-order chi connectivity index (χ0) is 24.4. The van der Waals surface area contributed by atoms with Gasteiger partial charge in [0.2, 0.25) is 5.91 Å². The maximum Gasteiger partial charge on any atom is 0.254 e. The largest absolute Gasteiger partial charge is 0.342 e. The number of pyridine rings is 1. The molecule has 7 heteroatoms. The Kier molecular flexibility index (Phi) is 6.84. The van der Waals surface area contributed by atoms with Crippen LogP contribution in [0.2, 0.25) is 0 Å². The van der Waals surface area contributed by atoms with Crippen molar-refractivity contribution in [3.8, 4) is 0 Å². The number of benzene rings is 1. The minimum Gasteiger partial charge on any atom is -0.342 e. The van der Waals surface area contributed by atoms with Crippen molar-refractivity contribution in [1.29, 1.82) is 0 Å². The lowest BCUT2D eigenvalue weighted by molar-refractivity contribution is -0.136. The number of rotatable bonds is 4. The number of nitrogens with zero attached hydrogens (tertiary/aromatic N) is 5. The highest BCUT2D eigenvalue weighted by Crippen LogP contribution is 2.26. The summed E-state index contributed by atoms with van der Waals surface area (Å²) in [7, 11) is 0. The molecular formula is C28H35N5O2. The highest BCUT2D eigenvalue weighted by atomic mass is 16.2. The van der Waals surface area contributed by atoms with E-state index < -0.39 is 0 Å². The van der Waals surface area contributed by atoms with Crippen molar-refractivity contribution in [2.24, 2.45) is 5.92 Å². The van der Waals surface area contributed by atoms with Crippen LogP contribution in [0.1, 0.15) is 65.7 Å². The zero-order valence-electron chi connectivity index (χ0n) is 20.9. The van der Waals surface area contributed by atoms with Gasteiger partial charge in [0.15, 0.2) is 5.65 Å². The second-order valence-corrected chi connectivity index (χ2v) is 10.1. The minimum absolute atomic E-state index is 0.0102. The van der Waals surface area contributed by atoms with Crippen LogP contribution in [-0.2, 0) is 11.3 Å². The molecule has 0 radical (unpaired) electrons. The molecule has 0 atom stereocenters. The zero-order valence-corrected chi connectivity index (χ0v) is 20.9. The first kappa shape index (κ1) is 23.5. The molecule has 2 saturated heterocycles. The topological polar surface area (TPSA) is 71.3 Å². The van der Waals surface area contributed by atoms with Gasteiger partial charge in [-0.3, -0.25) is 9.59 Å². The Bertz CT molecular complexity index is 1200. The molecule has 0 bridgehead atoms. The molecule has 0 unspecified atom stereocenters. The van der Waals surface area contributed by atoms with Crippen LogP contribution in [0.15, 0.2) is 36.5 Å². The quantitative estimate of drug-likeness (QED) is 0.565. The Hall–Kier alpha value is -3.22. The summed E-state index contributed by atoms with van der Waals surface area (Å²) in [6.07, 6.45) is 7.90. The summed E-state index contributed by atoms with van der Waals surface area (Å²) >= 11 is 0. The maximum absolute atomic E-state index is 13.6. The summed E-state index contributed by atoms with van der Waals surface area (Å²) < 4.78 is 1.87. The molecule has 1 aromatic carbocycles. The summed E-state index contributed by atoms with van der Waals surface area (Å²) in [6, 6.07) is 10.3. The third kappa shape index (κ3) is 5.09. The average Bonchev–Trinajstić information content (AvgIpc) is 3.07. The SMILES string of the molecule is Cc1ccc(Cn2ncc3c(C(=O)N4CCC(C(=O)N5CCCCCC5)CC4)cc(C)nc32)cc1. The Morgan fingerprint density at radius 2 is 1.60 bits per heavy atom. The highest BCUT2D eigenvalue weighted by Gasteiger charge is 2.31. The van der Waals surface area contributed by atoms with E-state index in [0.717, 1.165) is 61.1 Å². The average molecular weight is 474 g/mol. The third-order valence-corrected chi connectivity index (χ3v) is 7.47. The number of aryl methyl sites for hydroxylation is 2. The van der Waals surface area contributed by atoms with Crippen molar-refractivity contribution >= 4 is 22.8 Å². The van der Waals surface area contributed by atoms with Crippen LogP contribution < -0.4 is 0 Å². The van der Waals surface area contributed by atoms with Gasteiger partial charge in [-0.25, -0.2) is 9.67 Å². The molecule has 2 fully saturated rings. The normalized spacial score (nSPS) is 17.5. The highest BCUT2D eigenvalue weighted by molar-refractivity contribution is 6.05. The molecule has 184 valence electrons. The maximum atomic E-state index is 13.6. The number of piperidine rings is 1. The monoisotopic (exact) mass is 473 g/mol. The van der Waals surface area contributed by atoms with Gasteiger partial charge >= 0.3 is 0 Å². The number of likely N-dealkylation sites (tertiary alicyclic amines) is 2. The molecule has 5 rings (SSSR count). The number of carbonyl (C=O) groups excluding carboxylic acids is 2. The Morgan fingerprint density at radius 1 is 0.914 bits per heavy atom. The van der Waals surface area contributed by atoms with E-state index in [2.05, 4.69) is 41.2 Å². The first-order valence-electron chi connectivity index (χ1n) is 13.0. The Balaban J connectivity index is 1.30. The van der Waals surface area contributed by atoms with E-state index in [1.54, 1.807) is 6.20 Å². The summed E-state index contributed by atoms with van der Waals surface area (Å²) in [6.45, 7) is 7.61. The number of hydrogen-bond donors (Lipinski definition) is 0. The van der Waals surface area contributed by atoms with Gasteiger partial charge in [0.05, 0.1) is 23.7 Å². The lowest BCUT2D eigenvalue weighted by Gasteiger charge is -2.34. The van der Waals surface area contributed by atoms with Gasteiger partial charge in [0.25, 0.3) is 5.91 Å². The van der Waals surface area contributed by atoms with Crippen molar-refractivity contribution in [1.82, 2.24) is 24.6 Å². The summed E-state index contributed by atoms with van der Waals surface area (Å²) in [5, 5.41) is 5.36. The van der Waals surface area contributed by atoms with E-state index in [0.29, 0.717) is 31.1 Å². The van der Waals surface area contributed by atoms with Crippen LogP contribution in [0, 0.1) is 19.8 Å². The molecular weight excluding hydrogens is 438 g/mol. The second kappa shape index (κ2) is 10.2. The smallest absolute Gasteiger partial charge is 0.254 e. The van der Waals surface area contributed by atoms with Crippen molar-refractivity contribution in [3.05, 3.63) is 58.9 Å². The molecule has 35 heavy (non-hydrogen) atoms. The number of carbonyl (C=O) groups is 2. The van der Waals surface area contributed by atoms with Gasteiger partial charge in [-0.1, -0.05) is 42.7 Å². The van der Waals surface area contributed by atoms with Gasteiger partial charge in [0, 0.05) is 37.8 Å². The van der Waals surface area contributed by atoms with Crippen molar-refractivity contribution in [2.75, 3.05) is 26.2 Å². The van der Waals surface area contributed by atoms with Gasteiger partial charge in [-0.2, -0.15) is 5.10 Å². The Morgan fingerprint density at radius 3 is 2.29 bits per heavy atom. The molecule has 0 spiro atoms. The molecule has 4 heterocycles. The van der Waals surface area contributed by atoms with E-state index >= 15 is 0 Å². The summed E-state index contributed by atoms with van der Waals surface area (Å²) in [5.41, 5.74) is 4.56. The van der Waals surface area contributed by atoms with Gasteiger partial charge < -0.3 is 9.80 Å². The molecule has 3 aromatic rings. The number of aromatic nitrogens is 3. The van der Waals surface area contributed by atoms with Crippen LogP contribution in [-0.4, -0.2) is 62.6 Å². The van der Waals surface area contributed by atoms with Crippen LogP contribution in [0.5, 0.6) is 0 Å². The Labute approximate surface area is 207 Å². The van der Waals surface area contributed by atoms with Crippen molar-refractivity contribution in [2.45, 2.75) is 58.9 Å². The first-order chi connectivity index (χ1) is 17.0. The van der Waals surface area contributed by atoms with Crippen LogP contribution in [0.4, 0.5) is 0 Å². The fraction of sp³-hybridized carbons (Fsp3) is 0.500. The van der Waals surface area contributed by atoms with E-state index in [1.165, 1.54) is 18.4 Å². The van der Waals surface area contributed by atoms with E-state index in [-0.39, 0.29) is 11.8 Å². The third-order valence-electron chi connectivity index (χ3n) is 7.47. The molecule has 2 aromatic heterocycles. The first-order valence-corrected chi connectivity index (χ1v) is 13.0. The standard InChI is InChI=1S/C28H35N5O2/c1-20-7-9-22(10-8-20)19-33-26-25(18-29-33)24(17-21(2)30-26)28(35)32-15-11-23(12-16-32)27(34)31-13-5-3-4-6-14-31/h7-10,17-18,23H,3-6,11-16,19H2,1-2H3. The molecule has 2 amide bonds. The lowest BCUT2D eigenvalue weighted by atomic mass is 9.94. The van der Waals surface area contributed by atoms with Crippen LogP contribution >= 0.6 is 0 Å². The van der Waals surface area contributed by atoms with Crippen LogP contribution in [0.25, 0.3) is 11.0 Å². The molecule has 2 aliphatic rings. The molecule has 0 aliphatic carbocycles. The molecule has 0 saturated carbocycles. The van der Waals surface area contributed by atoms with E-state index in [1.807, 2.05) is 22.6 Å². The van der Waals surface area contributed by atoms with Crippen molar-refractivity contribution in [3.63, 3.8) is 0 Å². The summed E-state index contributed by atoms with van der Waals surface area (Å²) in [4.78, 5) is 35.3. The van der Waals surface area contributed by atoms with Gasteiger partial charge in [0.1, 0.15) is 0 Å². The van der Waals surface area contributed by atoms with Gasteiger partial charge in [-0.15, -0.1) is 0 Å². The molecule has 7 nitrogen and oxygen atoms in total. The van der Waals surface area contributed by atoms with Gasteiger partial charge in [-0.05, 0) is 51.2 Å². The number of amides is 2.